The van der Waals surface area contributed by atoms with E-state index in [1.165, 1.54) is 70.6 Å². The molecule has 0 heterocycles. The standard InChI is InChI=1S/C23H38O2.C7H13F.CH4S/c1-15(14-21(24)25)18-9-10-19-17-8-7-16-6-4-5-12-22(16,2)20(17)11-13-23(18,19)3;1-6-4-2-3-5-7(6)8;1-2/h15-20H,4-14H2,1-3H3,(H,24,25);6-7H,2-5H2,1H3;2H,1H3/t15-,16?,17?,18?,19?,20?,22?,23?;;/m1../s1. The number of carbonyl (C=O) groups is 1. The predicted molar refractivity (Wildman–Crippen MR) is 149 cm³/mol. The minimum Gasteiger partial charge on any atom is -0.481 e. The molecule has 0 bridgehead atoms. The summed E-state index contributed by atoms with van der Waals surface area (Å²) in [7, 11) is 0. The van der Waals surface area contributed by atoms with Gasteiger partial charge < -0.3 is 5.11 Å². The fourth-order valence-electron chi connectivity index (χ4n) is 9.96. The first-order chi connectivity index (χ1) is 16.7. The summed E-state index contributed by atoms with van der Waals surface area (Å²) in [5.74, 6) is 4.45. The van der Waals surface area contributed by atoms with E-state index in [1.54, 1.807) is 6.26 Å². The van der Waals surface area contributed by atoms with Crippen LogP contribution < -0.4 is 0 Å². The lowest BCUT2D eigenvalue weighted by molar-refractivity contribution is -0.139. The van der Waals surface area contributed by atoms with Gasteiger partial charge in [-0.05, 0) is 123 Å². The maximum atomic E-state index is 12.6. The average molecular weight is 511 g/mol. The quantitative estimate of drug-likeness (QED) is 0.371. The van der Waals surface area contributed by atoms with Crippen LogP contribution >= 0.6 is 12.6 Å². The number of carboxylic acids is 1. The highest BCUT2D eigenvalue weighted by atomic mass is 32.1. The Labute approximate surface area is 221 Å². The SMILES string of the molecule is CC1CCCCC1F.CS.C[C@H](CC(=O)O)C1CCC2C3CCC4CCCCC4(C)C3CCC21C. The van der Waals surface area contributed by atoms with Gasteiger partial charge in [0.2, 0.25) is 0 Å². The van der Waals surface area contributed by atoms with Crippen LogP contribution in [0.5, 0.6) is 0 Å². The minimum atomic E-state index is -0.608. The molecule has 4 heteroatoms. The third kappa shape index (κ3) is 6.09. The summed E-state index contributed by atoms with van der Waals surface area (Å²) in [4.78, 5) is 11.3. The third-order valence-electron chi connectivity index (χ3n) is 11.8. The molecule has 0 spiro atoms. The van der Waals surface area contributed by atoms with Crippen LogP contribution in [-0.2, 0) is 4.79 Å². The van der Waals surface area contributed by atoms with E-state index in [1.807, 2.05) is 6.92 Å². The third-order valence-corrected chi connectivity index (χ3v) is 11.8. The van der Waals surface area contributed by atoms with E-state index >= 15 is 0 Å². The number of alkyl halides is 1. The summed E-state index contributed by atoms with van der Waals surface area (Å²) < 4.78 is 12.6. The zero-order chi connectivity index (χ0) is 25.8. The van der Waals surface area contributed by atoms with Gasteiger partial charge in [0.15, 0.2) is 0 Å². The number of halogens is 1. The Kier molecular flexibility index (Phi) is 10.5. The first-order valence-corrected chi connectivity index (χ1v) is 15.9. The van der Waals surface area contributed by atoms with Crippen LogP contribution in [0.15, 0.2) is 0 Å². The second kappa shape index (κ2) is 12.5. The van der Waals surface area contributed by atoms with Crippen molar-refractivity contribution in [2.75, 3.05) is 6.26 Å². The van der Waals surface area contributed by atoms with E-state index in [-0.39, 0.29) is 0 Å². The second-order valence-electron chi connectivity index (χ2n) is 13.5. The molecule has 5 rings (SSSR count). The summed E-state index contributed by atoms with van der Waals surface area (Å²) in [5, 5.41) is 9.27. The van der Waals surface area contributed by atoms with Crippen LogP contribution in [0.1, 0.15) is 124 Å². The monoisotopic (exact) mass is 510 g/mol. The van der Waals surface area contributed by atoms with E-state index in [2.05, 4.69) is 33.4 Å². The van der Waals surface area contributed by atoms with Gasteiger partial charge in [0, 0.05) is 6.42 Å². The maximum absolute atomic E-state index is 12.6. The molecule has 0 aromatic rings. The van der Waals surface area contributed by atoms with Crippen molar-refractivity contribution in [2.45, 2.75) is 130 Å². The molecule has 5 fully saturated rings. The summed E-state index contributed by atoms with van der Waals surface area (Å²) in [6, 6.07) is 0. The fraction of sp³-hybridized carbons (Fsp3) is 0.968. The number of hydrogen-bond donors (Lipinski definition) is 2. The predicted octanol–water partition coefficient (Wildman–Crippen LogP) is 9.23. The lowest BCUT2D eigenvalue weighted by Crippen LogP contribution is -2.53. The van der Waals surface area contributed by atoms with E-state index in [4.69, 9.17) is 0 Å². The molecule has 9 unspecified atom stereocenters. The van der Waals surface area contributed by atoms with Crippen molar-refractivity contribution < 1.29 is 14.3 Å². The van der Waals surface area contributed by atoms with E-state index in [0.717, 1.165) is 42.9 Å². The average Bonchev–Trinajstić information content (AvgIpc) is 3.19. The molecule has 5 aliphatic rings. The molecule has 0 saturated heterocycles. The van der Waals surface area contributed by atoms with Gasteiger partial charge in [-0.1, -0.05) is 53.4 Å². The van der Waals surface area contributed by atoms with Crippen molar-refractivity contribution in [2.24, 2.45) is 52.3 Å². The molecular weight excluding hydrogens is 455 g/mol. The second-order valence-corrected chi connectivity index (χ2v) is 13.5. The number of carboxylic acid groups (broad SMARTS) is 1. The minimum absolute atomic E-state index is 0.337. The summed E-state index contributed by atoms with van der Waals surface area (Å²) in [5.41, 5.74) is 1.03. The van der Waals surface area contributed by atoms with Crippen molar-refractivity contribution in [3.05, 3.63) is 0 Å². The smallest absolute Gasteiger partial charge is 0.303 e. The molecule has 0 aliphatic heterocycles. The van der Waals surface area contributed by atoms with Crippen molar-refractivity contribution >= 4 is 18.6 Å². The molecular formula is C31H55FO2S. The van der Waals surface area contributed by atoms with Gasteiger partial charge >= 0.3 is 5.97 Å². The fourth-order valence-corrected chi connectivity index (χ4v) is 9.96. The highest BCUT2D eigenvalue weighted by Crippen LogP contribution is 2.68. The molecule has 35 heavy (non-hydrogen) atoms. The largest absolute Gasteiger partial charge is 0.481 e. The van der Waals surface area contributed by atoms with Crippen molar-refractivity contribution in [3.8, 4) is 0 Å². The van der Waals surface area contributed by atoms with Gasteiger partial charge in [-0.25, -0.2) is 4.39 Å². The van der Waals surface area contributed by atoms with E-state index in [0.29, 0.717) is 35.0 Å². The van der Waals surface area contributed by atoms with Crippen molar-refractivity contribution in [1.29, 1.82) is 0 Å². The van der Waals surface area contributed by atoms with Gasteiger partial charge in [0.25, 0.3) is 0 Å². The lowest BCUT2D eigenvalue weighted by Gasteiger charge is -2.60. The van der Waals surface area contributed by atoms with E-state index in [9.17, 15) is 14.3 Å². The topological polar surface area (TPSA) is 37.3 Å². The van der Waals surface area contributed by atoms with Crippen molar-refractivity contribution in [1.82, 2.24) is 0 Å². The zero-order valence-electron chi connectivity index (χ0n) is 23.4. The Hall–Kier alpha value is -0.250. The normalized spacial score (nSPS) is 45.3. The highest BCUT2D eigenvalue weighted by molar-refractivity contribution is 7.79. The van der Waals surface area contributed by atoms with Gasteiger partial charge in [-0.3, -0.25) is 4.79 Å². The number of fused-ring (bicyclic) bond motifs is 5. The van der Waals surface area contributed by atoms with Crippen LogP contribution in [0.2, 0.25) is 0 Å². The Morgan fingerprint density at radius 1 is 0.886 bits per heavy atom. The Bertz CT molecular complexity index is 675. The van der Waals surface area contributed by atoms with Gasteiger partial charge in [0.1, 0.15) is 6.17 Å². The molecule has 2 nitrogen and oxygen atoms in total. The summed E-state index contributed by atoms with van der Waals surface area (Å²) in [6.45, 7) is 9.40. The molecule has 0 amide bonds. The summed E-state index contributed by atoms with van der Waals surface area (Å²) in [6.07, 6.45) is 20.0. The lowest BCUT2D eigenvalue weighted by atomic mass is 9.44. The van der Waals surface area contributed by atoms with Crippen molar-refractivity contribution in [3.63, 3.8) is 0 Å². The molecule has 0 aromatic heterocycles. The molecule has 5 saturated carbocycles. The molecule has 5 aliphatic carbocycles. The van der Waals surface area contributed by atoms with Crippen LogP contribution in [0.4, 0.5) is 4.39 Å². The Morgan fingerprint density at radius 3 is 2.17 bits per heavy atom. The molecule has 1 N–H and O–H groups in total. The molecule has 204 valence electrons. The van der Waals surface area contributed by atoms with Crippen LogP contribution in [0.3, 0.4) is 0 Å². The highest BCUT2D eigenvalue weighted by Gasteiger charge is 2.60. The first-order valence-electron chi connectivity index (χ1n) is 15.0. The van der Waals surface area contributed by atoms with E-state index < -0.39 is 12.1 Å². The Morgan fingerprint density at radius 2 is 1.54 bits per heavy atom. The van der Waals surface area contributed by atoms with Gasteiger partial charge in [-0.2, -0.15) is 12.6 Å². The number of aliphatic carboxylic acids is 1. The first kappa shape index (κ1) is 29.3. The molecule has 10 atom stereocenters. The van der Waals surface area contributed by atoms with Gasteiger partial charge in [0.05, 0.1) is 0 Å². The molecule has 0 radical (unpaired) electrons. The summed E-state index contributed by atoms with van der Waals surface area (Å²) >= 11 is 3.53. The number of thiol groups is 1. The number of rotatable bonds is 3. The van der Waals surface area contributed by atoms with Gasteiger partial charge in [-0.15, -0.1) is 0 Å². The van der Waals surface area contributed by atoms with Crippen LogP contribution in [-0.4, -0.2) is 23.5 Å². The molecule has 0 aromatic carbocycles. The van der Waals surface area contributed by atoms with Crippen LogP contribution in [0, 0.1) is 52.3 Å². The van der Waals surface area contributed by atoms with Crippen LogP contribution in [0.25, 0.3) is 0 Å². The Balaban J connectivity index is 0.000000289. The zero-order valence-corrected chi connectivity index (χ0v) is 24.3. The number of hydrogen-bond acceptors (Lipinski definition) is 2. The maximum Gasteiger partial charge on any atom is 0.303 e.